The number of hydrogen-bond donors (Lipinski definition) is 1. The fourth-order valence-corrected chi connectivity index (χ4v) is 4.24. The highest BCUT2D eigenvalue weighted by molar-refractivity contribution is 7.17. The molecule has 0 spiro atoms. The van der Waals surface area contributed by atoms with Crippen molar-refractivity contribution in [3.8, 4) is 17.4 Å². The molecule has 0 unspecified atom stereocenters. The van der Waals surface area contributed by atoms with Gasteiger partial charge >= 0.3 is 0 Å². The first-order valence-electron chi connectivity index (χ1n) is 9.07. The molecule has 1 N–H and O–H groups in total. The lowest BCUT2D eigenvalue weighted by molar-refractivity contribution is 0.174. The van der Waals surface area contributed by atoms with Crippen molar-refractivity contribution in [2.24, 2.45) is 0 Å². The molecule has 28 heavy (non-hydrogen) atoms. The van der Waals surface area contributed by atoms with Crippen molar-refractivity contribution in [3.63, 3.8) is 0 Å². The number of benzene rings is 1. The third-order valence-corrected chi connectivity index (χ3v) is 5.78. The van der Waals surface area contributed by atoms with Gasteiger partial charge in [0.25, 0.3) is 0 Å². The van der Waals surface area contributed by atoms with E-state index >= 15 is 0 Å². The molecule has 0 saturated carbocycles. The first-order valence-corrected chi connectivity index (χ1v) is 9.95. The van der Waals surface area contributed by atoms with E-state index in [0.29, 0.717) is 12.7 Å². The van der Waals surface area contributed by atoms with Crippen molar-refractivity contribution in [1.29, 1.82) is 0 Å². The molecule has 0 bridgehead atoms. The van der Waals surface area contributed by atoms with E-state index in [0.717, 1.165) is 46.3 Å². The Morgan fingerprint density at radius 3 is 2.93 bits per heavy atom. The fraction of sp³-hybridized carbons (Fsp3) is 0.250. The smallest absolute Gasteiger partial charge is 0.238 e. The number of nitrogens with one attached hydrogen (secondary N) is 1. The van der Waals surface area contributed by atoms with E-state index in [1.165, 1.54) is 11.1 Å². The van der Waals surface area contributed by atoms with Gasteiger partial charge in [-0.05, 0) is 48.9 Å². The average Bonchev–Trinajstić information content (AvgIpc) is 3.41. The van der Waals surface area contributed by atoms with Gasteiger partial charge in [0.05, 0.1) is 5.39 Å². The van der Waals surface area contributed by atoms with Gasteiger partial charge in [0.1, 0.15) is 16.5 Å². The Labute approximate surface area is 166 Å². The zero-order valence-electron chi connectivity index (χ0n) is 15.6. The lowest BCUT2D eigenvalue weighted by atomic mass is 10.1. The van der Waals surface area contributed by atoms with E-state index in [1.54, 1.807) is 17.5 Å². The minimum Gasteiger partial charge on any atom is -0.454 e. The van der Waals surface area contributed by atoms with Crippen LogP contribution >= 0.6 is 11.3 Å². The Kier molecular flexibility index (Phi) is 4.12. The molecule has 0 saturated heterocycles. The predicted molar refractivity (Wildman–Crippen MR) is 109 cm³/mol. The summed E-state index contributed by atoms with van der Waals surface area (Å²) in [7, 11) is 0. The Morgan fingerprint density at radius 2 is 2.07 bits per heavy atom. The maximum Gasteiger partial charge on any atom is 0.238 e. The van der Waals surface area contributed by atoms with Crippen LogP contribution in [-0.4, -0.2) is 32.9 Å². The second-order valence-electron chi connectivity index (χ2n) is 6.68. The molecule has 0 amide bonds. The number of ether oxygens (including phenoxy) is 2. The van der Waals surface area contributed by atoms with E-state index in [2.05, 4.69) is 28.7 Å². The van der Waals surface area contributed by atoms with Crippen LogP contribution in [0.2, 0.25) is 0 Å². The summed E-state index contributed by atoms with van der Waals surface area (Å²) >= 11 is 1.63. The number of nitrogens with zero attached hydrogens (tertiary/aromatic N) is 4. The monoisotopic (exact) mass is 393 g/mol. The van der Waals surface area contributed by atoms with Crippen molar-refractivity contribution in [2.75, 3.05) is 18.7 Å². The summed E-state index contributed by atoms with van der Waals surface area (Å²) in [6.07, 6.45) is 4.49. The molecule has 3 aromatic heterocycles. The molecule has 142 valence electrons. The number of thiophene rings is 1. The normalized spacial score (nSPS) is 12.6. The minimum absolute atomic E-state index is 0.295. The summed E-state index contributed by atoms with van der Waals surface area (Å²) < 4.78 is 12.7. The topological polar surface area (TPSA) is 74.1 Å². The van der Waals surface area contributed by atoms with Gasteiger partial charge in [0.2, 0.25) is 12.7 Å². The molecule has 5 rings (SSSR count). The van der Waals surface area contributed by atoms with E-state index in [9.17, 15) is 0 Å². The lowest BCUT2D eigenvalue weighted by Crippen LogP contribution is -2.10. The van der Waals surface area contributed by atoms with E-state index in [-0.39, 0.29) is 0 Å². The molecular weight excluding hydrogens is 374 g/mol. The van der Waals surface area contributed by atoms with Gasteiger partial charge in [-0.1, -0.05) is 6.07 Å². The molecule has 1 aliphatic rings. The van der Waals surface area contributed by atoms with Gasteiger partial charge in [0, 0.05) is 18.9 Å². The van der Waals surface area contributed by atoms with E-state index in [4.69, 9.17) is 19.4 Å². The van der Waals surface area contributed by atoms with Gasteiger partial charge in [-0.15, -0.1) is 11.3 Å². The number of rotatable bonds is 5. The molecule has 0 fully saturated rings. The summed E-state index contributed by atoms with van der Waals surface area (Å²) in [5, 5.41) is 6.70. The van der Waals surface area contributed by atoms with Crippen LogP contribution in [-0.2, 0) is 6.42 Å². The highest BCUT2D eigenvalue weighted by Gasteiger charge is 2.15. The number of anilines is 1. The van der Waals surface area contributed by atoms with Crippen LogP contribution in [0, 0.1) is 13.8 Å². The number of imidazole rings is 1. The summed E-state index contributed by atoms with van der Waals surface area (Å²) in [5.41, 5.74) is 2.37. The first kappa shape index (κ1) is 17.0. The number of aryl methyl sites for hydroxylation is 2. The SMILES string of the molecule is Cc1csc2nc(-n3ccnc3C)nc(NCCc3ccc4c(c3)OCO4)c12. The van der Waals surface area contributed by atoms with Gasteiger partial charge in [-0.25, -0.2) is 9.97 Å². The van der Waals surface area contributed by atoms with E-state index in [1.807, 2.05) is 29.8 Å². The number of fused-ring (bicyclic) bond motifs is 2. The Bertz CT molecular complexity index is 1170. The molecule has 8 heteroatoms. The Balaban J connectivity index is 1.41. The van der Waals surface area contributed by atoms with Crippen LogP contribution in [0.1, 0.15) is 17.0 Å². The quantitative estimate of drug-likeness (QED) is 0.555. The molecule has 0 aliphatic carbocycles. The predicted octanol–water partition coefficient (Wildman–Crippen LogP) is 3.88. The van der Waals surface area contributed by atoms with Crippen LogP contribution in [0.15, 0.2) is 36.0 Å². The number of hydrogen-bond acceptors (Lipinski definition) is 7. The second kappa shape index (κ2) is 6.79. The Hall–Kier alpha value is -3.13. The van der Waals surface area contributed by atoms with Crippen LogP contribution in [0.25, 0.3) is 16.2 Å². The third kappa shape index (κ3) is 2.95. The van der Waals surface area contributed by atoms with Gasteiger partial charge < -0.3 is 14.8 Å². The second-order valence-corrected chi connectivity index (χ2v) is 7.54. The van der Waals surface area contributed by atoms with Crippen molar-refractivity contribution in [3.05, 3.63) is 52.9 Å². The standard InChI is InChI=1S/C20H19N5O2S/c1-12-10-28-19-17(12)18(23-20(24-19)25-8-7-21-13(25)2)22-6-5-14-3-4-15-16(9-14)27-11-26-15/h3-4,7-10H,5-6,11H2,1-2H3,(H,22,23,24). The molecule has 4 heterocycles. The van der Waals surface area contributed by atoms with Gasteiger partial charge in [-0.3, -0.25) is 4.57 Å². The molecule has 7 nitrogen and oxygen atoms in total. The van der Waals surface area contributed by atoms with Crippen molar-refractivity contribution in [2.45, 2.75) is 20.3 Å². The van der Waals surface area contributed by atoms with Gasteiger partial charge in [-0.2, -0.15) is 4.98 Å². The van der Waals surface area contributed by atoms with Crippen molar-refractivity contribution in [1.82, 2.24) is 19.5 Å². The third-order valence-electron chi connectivity index (χ3n) is 4.79. The molecule has 0 radical (unpaired) electrons. The maximum absolute atomic E-state index is 5.46. The lowest BCUT2D eigenvalue weighted by Gasteiger charge is -2.11. The highest BCUT2D eigenvalue weighted by atomic mass is 32.1. The Morgan fingerprint density at radius 1 is 1.18 bits per heavy atom. The van der Waals surface area contributed by atoms with Gasteiger partial charge in [0.15, 0.2) is 11.5 Å². The summed E-state index contributed by atoms with van der Waals surface area (Å²) in [5.74, 6) is 3.97. The van der Waals surface area contributed by atoms with E-state index < -0.39 is 0 Å². The number of aromatic nitrogens is 4. The molecule has 1 aliphatic heterocycles. The molecule has 4 aromatic rings. The molecule has 1 aromatic carbocycles. The summed E-state index contributed by atoms with van der Waals surface area (Å²) in [6, 6.07) is 6.07. The largest absolute Gasteiger partial charge is 0.454 e. The van der Waals surface area contributed by atoms with Crippen LogP contribution < -0.4 is 14.8 Å². The van der Waals surface area contributed by atoms with Crippen LogP contribution in [0.5, 0.6) is 11.5 Å². The fourth-order valence-electron chi connectivity index (χ4n) is 3.32. The summed E-state index contributed by atoms with van der Waals surface area (Å²) in [4.78, 5) is 14.8. The molecule has 0 atom stereocenters. The summed E-state index contributed by atoms with van der Waals surface area (Å²) in [6.45, 7) is 5.08. The van der Waals surface area contributed by atoms with Crippen LogP contribution in [0.4, 0.5) is 5.82 Å². The first-order chi connectivity index (χ1) is 13.7. The van der Waals surface area contributed by atoms with Crippen LogP contribution in [0.3, 0.4) is 0 Å². The highest BCUT2D eigenvalue weighted by Crippen LogP contribution is 2.33. The molecular formula is C20H19N5O2S. The zero-order valence-corrected chi connectivity index (χ0v) is 16.4. The minimum atomic E-state index is 0.295. The van der Waals surface area contributed by atoms with Crippen molar-refractivity contribution < 1.29 is 9.47 Å². The maximum atomic E-state index is 5.46. The van der Waals surface area contributed by atoms with Crippen molar-refractivity contribution >= 4 is 27.4 Å². The average molecular weight is 393 g/mol. The zero-order chi connectivity index (χ0) is 19.1.